The van der Waals surface area contributed by atoms with Crippen LogP contribution in [0.3, 0.4) is 0 Å². The molecule has 2 N–H and O–H groups in total. The molecule has 0 spiro atoms. The summed E-state index contributed by atoms with van der Waals surface area (Å²) >= 11 is 3.44. The number of esters is 1. The summed E-state index contributed by atoms with van der Waals surface area (Å²) in [5.74, 6) is 0.548. The molecule has 0 saturated heterocycles. The van der Waals surface area contributed by atoms with Crippen molar-refractivity contribution < 1.29 is 19.1 Å². The number of rotatable bonds is 7. The normalized spacial score (nSPS) is 18.0. The van der Waals surface area contributed by atoms with Crippen molar-refractivity contribution >= 4 is 27.9 Å². The molecule has 2 rings (SSSR count). The van der Waals surface area contributed by atoms with Crippen LogP contribution in [-0.4, -0.2) is 25.7 Å². The van der Waals surface area contributed by atoms with E-state index in [0.29, 0.717) is 29.5 Å². The number of benzene rings is 1. The third kappa shape index (κ3) is 4.78. The van der Waals surface area contributed by atoms with Gasteiger partial charge < -0.3 is 20.1 Å². The van der Waals surface area contributed by atoms with E-state index < -0.39 is 12.0 Å². The molecule has 142 valence electrons. The first-order chi connectivity index (χ1) is 12.4. The highest BCUT2D eigenvalue weighted by Crippen LogP contribution is 2.33. The number of hydrogen-bond acceptors (Lipinski definition) is 4. The first-order valence-corrected chi connectivity index (χ1v) is 9.45. The van der Waals surface area contributed by atoms with Gasteiger partial charge in [0, 0.05) is 5.70 Å². The van der Waals surface area contributed by atoms with E-state index in [1.165, 1.54) is 0 Å². The molecule has 0 radical (unpaired) electrons. The van der Waals surface area contributed by atoms with Gasteiger partial charge in [-0.1, -0.05) is 26.3 Å². The summed E-state index contributed by atoms with van der Waals surface area (Å²) in [6, 6.07) is 4.50. The molecular formula is C19H25BrN2O4. The van der Waals surface area contributed by atoms with E-state index in [-0.39, 0.29) is 6.03 Å². The summed E-state index contributed by atoms with van der Waals surface area (Å²) in [7, 11) is 1.58. The van der Waals surface area contributed by atoms with Crippen molar-refractivity contribution in [3.63, 3.8) is 0 Å². The summed E-state index contributed by atoms with van der Waals surface area (Å²) in [4.78, 5) is 24.6. The van der Waals surface area contributed by atoms with Gasteiger partial charge in [0.1, 0.15) is 5.75 Å². The van der Waals surface area contributed by atoms with Gasteiger partial charge in [-0.05, 0) is 52.9 Å². The highest BCUT2D eigenvalue weighted by molar-refractivity contribution is 9.10. The Balaban J connectivity index is 2.28. The standard InChI is InChI=1S/C19H25BrN2O4/c1-5-6-11(2)10-26-18(23)16-12(3)21-19(24)22-17(16)13-7-8-15(25-4)14(20)9-13/h7-9,11,17H,5-6,10H2,1-4H3,(H2,21,22,24). The third-order valence-electron chi connectivity index (χ3n) is 4.28. The molecule has 0 fully saturated rings. The second-order valence-corrected chi connectivity index (χ2v) is 7.31. The molecule has 2 amide bonds. The zero-order chi connectivity index (χ0) is 19.3. The largest absolute Gasteiger partial charge is 0.496 e. The zero-order valence-electron chi connectivity index (χ0n) is 15.5. The van der Waals surface area contributed by atoms with Crippen molar-refractivity contribution in [2.45, 2.75) is 39.7 Å². The number of ether oxygens (including phenoxy) is 2. The molecule has 7 heteroatoms. The monoisotopic (exact) mass is 424 g/mol. The van der Waals surface area contributed by atoms with E-state index in [2.05, 4.69) is 40.4 Å². The smallest absolute Gasteiger partial charge is 0.338 e. The van der Waals surface area contributed by atoms with Crippen molar-refractivity contribution in [2.24, 2.45) is 5.92 Å². The molecule has 2 atom stereocenters. The first-order valence-electron chi connectivity index (χ1n) is 8.66. The maximum atomic E-state index is 12.7. The molecule has 6 nitrogen and oxygen atoms in total. The summed E-state index contributed by atoms with van der Waals surface area (Å²) in [6.45, 7) is 6.22. The number of urea groups is 1. The lowest BCUT2D eigenvalue weighted by molar-refractivity contribution is -0.140. The number of halogens is 1. The lowest BCUT2D eigenvalue weighted by Crippen LogP contribution is -2.45. The predicted molar refractivity (Wildman–Crippen MR) is 103 cm³/mol. The van der Waals surface area contributed by atoms with Crippen molar-refractivity contribution in [3.05, 3.63) is 39.5 Å². The van der Waals surface area contributed by atoms with Gasteiger partial charge in [-0.15, -0.1) is 0 Å². The topological polar surface area (TPSA) is 76.7 Å². The average molecular weight is 425 g/mol. The van der Waals surface area contributed by atoms with E-state index in [1.807, 2.05) is 12.1 Å². The lowest BCUT2D eigenvalue weighted by Gasteiger charge is -2.28. The second-order valence-electron chi connectivity index (χ2n) is 6.46. The Labute approximate surface area is 162 Å². The van der Waals surface area contributed by atoms with E-state index in [0.717, 1.165) is 22.9 Å². The Morgan fingerprint density at radius 2 is 2.12 bits per heavy atom. The highest BCUT2D eigenvalue weighted by Gasteiger charge is 2.32. The Morgan fingerprint density at radius 3 is 2.73 bits per heavy atom. The third-order valence-corrected chi connectivity index (χ3v) is 4.90. The van der Waals surface area contributed by atoms with Crippen LogP contribution < -0.4 is 15.4 Å². The molecule has 0 aromatic heterocycles. The fourth-order valence-corrected chi connectivity index (χ4v) is 3.51. The minimum absolute atomic E-state index is 0.296. The van der Waals surface area contributed by atoms with E-state index >= 15 is 0 Å². The number of nitrogens with one attached hydrogen (secondary N) is 2. The molecule has 1 aliphatic heterocycles. The van der Waals surface area contributed by atoms with Gasteiger partial charge >= 0.3 is 12.0 Å². The van der Waals surface area contributed by atoms with E-state index in [1.54, 1.807) is 20.1 Å². The summed E-state index contributed by atoms with van der Waals surface area (Å²) < 4.78 is 11.5. The molecule has 0 bridgehead atoms. The van der Waals surface area contributed by atoms with Gasteiger partial charge in [0.25, 0.3) is 0 Å². The van der Waals surface area contributed by atoms with Crippen LogP contribution in [0, 0.1) is 5.92 Å². The molecule has 1 aliphatic rings. The SMILES string of the molecule is CCCC(C)COC(=O)C1=C(C)NC(=O)NC1c1ccc(OC)c(Br)c1. The molecule has 2 unspecified atom stereocenters. The highest BCUT2D eigenvalue weighted by atomic mass is 79.9. The Hall–Kier alpha value is -2.02. The zero-order valence-corrected chi connectivity index (χ0v) is 17.1. The average Bonchev–Trinajstić information content (AvgIpc) is 2.59. The van der Waals surface area contributed by atoms with Crippen LogP contribution in [0.2, 0.25) is 0 Å². The second kappa shape index (κ2) is 9.07. The maximum Gasteiger partial charge on any atom is 0.338 e. The number of allylic oxidation sites excluding steroid dienone is 1. The molecule has 0 saturated carbocycles. The van der Waals surface area contributed by atoms with Crippen LogP contribution in [0.25, 0.3) is 0 Å². The molecule has 0 aliphatic carbocycles. The van der Waals surface area contributed by atoms with Crippen molar-refractivity contribution in [1.29, 1.82) is 0 Å². The van der Waals surface area contributed by atoms with Gasteiger partial charge in [0.15, 0.2) is 0 Å². The Kier molecular flexibility index (Phi) is 7.08. The van der Waals surface area contributed by atoms with Crippen LogP contribution in [0.4, 0.5) is 4.79 Å². The summed E-state index contributed by atoms with van der Waals surface area (Å²) in [6.07, 6.45) is 2.04. The fourth-order valence-electron chi connectivity index (χ4n) is 2.95. The van der Waals surface area contributed by atoms with Gasteiger partial charge in [-0.2, -0.15) is 0 Å². The number of carbonyl (C=O) groups is 2. The van der Waals surface area contributed by atoms with Crippen LogP contribution >= 0.6 is 15.9 Å². The molecule has 1 aromatic carbocycles. The Morgan fingerprint density at radius 1 is 1.38 bits per heavy atom. The van der Waals surface area contributed by atoms with Gasteiger partial charge in [-0.25, -0.2) is 9.59 Å². The number of carbonyl (C=O) groups excluding carboxylic acids is 2. The molecule has 1 heterocycles. The number of amides is 2. The first kappa shape index (κ1) is 20.3. The fraction of sp³-hybridized carbons (Fsp3) is 0.474. The van der Waals surface area contributed by atoms with Gasteiger partial charge in [0.2, 0.25) is 0 Å². The van der Waals surface area contributed by atoms with Gasteiger partial charge in [-0.3, -0.25) is 0 Å². The quantitative estimate of drug-likeness (QED) is 0.646. The minimum Gasteiger partial charge on any atom is -0.496 e. The van der Waals surface area contributed by atoms with Crippen molar-refractivity contribution in [3.8, 4) is 5.75 Å². The molecule has 1 aromatic rings. The van der Waals surface area contributed by atoms with Crippen molar-refractivity contribution in [1.82, 2.24) is 10.6 Å². The van der Waals surface area contributed by atoms with Crippen molar-refractivity contribution in [2.75, 3.05) is 13.7 Å². The Bertz CT molecular complexity index is 717. The predicted octanol–water partition coefficient (Wildman–Crippen LogP) is 4.07. The summed E-state index contributed by atoms with van der Waals surface area (Å²) in [5.41, 5.74) is 1.67. The van der Waals surface area contributed by atoms with Crippen LogP contribution in [0.5, 0.6) is 5.75 Å². The lowest BCUT2D eigenvalue weighted by atomic mass is 9.95. The summed E-state index contributed by atoms with van der Waals surface area (Å²) in [5, 5.41) is 5.45. The van der Waals surface area contributed by atoms with Gasteiger partial charge in [0.05, 0.1) is 29.8 Å². The van der Waals surface area contributed by atoms with Crippen LogP contribution in [-0.2, 0) is 9.53 Å². The number of hydrogen-bond donors (Lipinski definition) is 2. The molecular weight excluding hydrogens is 400 g/mol. The van der Waals surface area contributed by atoms with Crippen LogP contribution in [0.15, 0.2) is 33.9 Å². The van der Waals surface area contributed by atoms with Crippen LogP contribution in [0.1, 0.15) is 45.2 Å². The van der Waals surface area contributed by atoms with E-state index in [9.17, 15) is 9.59 Å². The maximum absolute atomic E-state index is 12.7. The van der Waals surface area contributed by atoms with E-state index in [4.69, 9.17) is 9.47 Å². The minimum atomic E-state index is -0.583. The number of methoxy groups -OCH3 is 1. The molecule has 26 heavy (non-hydrogen) atoms.